The first-order chi connectivity index (χ1) is 7.70. The predicted octanol–water partition coefficient (Wildman–Crippen LogP) is 1.27. The third kappa shape index (κ3) is 10.8. The fourth-order valence-corrected chi connectivity index (χ4v) is 0.890. The standard InChI is InChI=1S/C10H9O2.2CO.Ir/c1-8(11)7-10(12)9-5-3-2-4-6-9;2*1-2;/h2-7H,1H3;;;/q+1;;;+3/p+2. The molecule has 0 unspecified atom stereocenters. The maximum Gasteiger partial charge on any atom is 3.00 e. The molecule has 0 radical (unpaired) electrons. The molecule has 0 aromatic heterocycles. The number of rotatable bonds is 3. The first-order valence-electron chi connectivity index (χ1n) is 4.09. The molecule has 0 fully saturated rings. The van der Waals surface area contributed by atoms with Gasteiger partial charge in [0.25, 0.3) is 6.42 Å². The van der Waals surface area contributed by atoms with Crippen LogP contribution in [0.4, 0.5) is 0 Å². The van der Waals surface area contributed by atoms with E-state index in [1.54, 1.807) is 12.1 Å². The van der Waals surface area contributed by atoms with E-state index in [1.165, 1.54) is 13.3 Å². The van der Waals surface area contributed by atoms with E-state index in [1.807, 2.05) is 18.2 Å². The second-order valence-electron chi connectivity index (χ2n) is 2.54. The maximum atomic E-state index is 9.37. The first kappa shape index (κ1) is 20.9. The number of ketones is 2. The molecule has 1 rings (SSSR count). The first-order valence-corrected chi connectivity index (χ1v) is 4.09. The summed E-state index contributed by atoms with van der Waals surface area (Å²) in [6.07, 6.45) is 1.31. The Bertz CT molecular complexity index is 362. The van der Waals surface area contributed by atoms with Crippen LogP contribution in [0.15, 0.2) is 30.3 Å². The van der Waals surface area contributed by atoms with E-state index in [-0.39, 0.29) is 31.7 Å². The van der Waals surface area contributed by atoms with Crippen LogP contribution in [0.5, 0.6) is 0 Å². The van der Waals surface area contributed by atoms with Crippen molar-refractivity contribution in [1.29, 1.82) is 0 Å². The topological polar surface area (TPSA) is 82.6 Å². The monoisotopic (exact) mass is 412 g/mol. The van der Waals surface area contributed by atoms with Gasteiger partial charge in [0, 0.05) is 12.1 Å². The second-order valence-corrected chi connectivity index (χ2v) is 2.54. The van der Waals surface area contributed by atoms with Crippen molar-refractivity contribution in [2.24, 2.45) is 0 Å². The van der Waals surface area contributed by atoms with Gasteiger partial charge in [-0.1, -0.05) is 6.07 Å². The van der Waals surface area contributed by atoms with Gasteiger partial charge in [0.15, 0.2) is 0 Å². The molecular weight excluding hydrogens is 400 g/mol. The quantitative estimate of drug-likeness (QED) is 0.311. The van der Waals surface area contributed by atoms with E-state index < -0.39 is 0 Å². The van der Waals surface area contributed by atoms with Crippen LogP contribution in [0.3, 0.4) is 0 Å². The molecule has 1 aromatic carbocycles. The Labute approximate surface area is 113 Å². The van der Waals surface area contributed by atoms with Crippen LogP contribution < -0.4 is 0 Å². The number of hydrogen-bond acceptors (Lipinski definition) is 0. The van der Waals surface area contributed by atoms with Crippen molar-refractivity contribution in [2.75, 3.05) is 0 Å². The van der Waals surface area contributed by atoms with Gasteiger partial charge >= 0.3 is 54.3 Å². The zero-order valence-electron chi connectivity index (χ0n) is 9.01. The Morgan fingerprint density at radius 2 is 1.47 bits per heavy atom. The van der Waals surface area contributed by atoms with Gasteiger partial charge in [-0.25, -0.2) is 4.79 Å². The fourth-order valence-electron chi connectivity index (χ4n) is 0.890. The molecular formula is C12H11IrO4+6. The van der Waals surface area contributed by atoms with Crippen LogP contribution in [0.1, 0.15) is 12.5 Å². The summed E-state index contributed by atoms with van der Waals surface area (Å²) in [5.41, 5.74) is 0.700. The summed E-state index contributed by atoms with van der Waals surface area (Å²) >= 11 is 0. The van der Waals surface area contributed by atoms with Crippen molar-refractivity contribution in [3.05, 3.63) is 55.6 Å². The molecule has 0 aliphatic carbocycles. The SMILES string of the molecule is CC(=[OH+])[CH+]C(=[OH+])c1ccccc1.[C-]#[O+].[C-]#[O+].[Ir+3]. The Hall–Kier alpha value is -1.44. The van der Waals surface area contributed by atoms with Gasteiger partial charge in [-0.15, -0.1) is 0 Å². The molecule has 0 atom stereocenters. The average molecular weight is 411 g/mol. The Kier molecular flexibility index (Phi) is 17.9. The maximum absolute atomic E-state index is 9.37. The second kappa shape index (κ2) is 14.6. The van der Waals surface area contributed by atoms with Crippen LogP contribution in [0.2, 0.25) is 0 Å². The zero-order valence-corrected chi connectivity index (χ0v) is 11.4. The van der Waals surface area contributed by atoms with Crippen molar-refractivity contribution in [3.63, 3.8) is 0 Å². The third-order valence-corrected chi connectivity index (χ3v) is 1.42. The summed E-state index contributed by atoms with van der Waals surface area (Å²) in [6, 6.07) is 9.06. The Balaban J connectivity index is -0.000000355. The molecule has 0 bridgehead atoms. The summed E-state index contributed by atoms with van der Waals surface area (Å²) in [6.45, 7) is 10.5. The molecule has 86 valence electrons. The van der Waals surface area contributed by atoms with Crippen LogP contribution >= 0.6 is 0 Å². The minimum atomic E-state index is 0. The van der Waals surface area contributed by atoms with Gasteiger partial charge in [0.1, 0.15) is 0 Å². The number of hydrogen-bond donors (Lipinski definition) is 0. The van der Waals surface area contributed by atoms with Gasteiger partial charge in [-0.3, -0.25) is 4.79 Å². The molecule has 0 heterocycles. The number of carbonyl (C=O) groups excluding carboxylic acids is 2. The molecule has 0 spiro atoms. The molecule has 0 aliphatic rings. The summed E-state index contributed by atoms with van der Waals surface area (Å²) in [5, 5.41) is 0. The Morgan fingerprint density at radius 3 is 1.82 bits per heavy atom. The molecule has 0 saturated carbocycles. The van der Waals surface area contributed by atoms with Crippen LogP contribution in [-0.4, -0.2) is 21.2 Å². The van der Waals surface area contributed by atoms with Crippen molar-refractivity contribution in [1.82, 2.24) is 0 Å². The zero-order chi connectivity index (χ0) is 13.0. The average Bonchev–Trinajstić information content (AvgIpc) is 2.34. The van der Waals surface area contributed by atoms with Gasteiger partial charge in [-0.2, -0.15) is 0 Å². The molecule has 2 N–H and O–H groups in total. The van der Waals surface area contributed by atoms with E-state index >= 15 is 0 Å². The molecule has 0 aliphatic heterocycles. The largest absolute Gasteiger partial charge is 3.00 e. The molecule has 0 amide bonds. The summed E-state index contributed by atoms with van der Waals surface area (Å²) in [4.78, 5) is 18.2. The van der Waals surface area contributed by atoms with Crippen molar-refractivity contribution in [3.8, 4) is 0 Å². The van der Waals surface area contributed by atoms with Crippen molar-refractivity contribution in [2.45, 2.75) is 6.92 Å². The van der Waals surface area contributed by atoms with Crippen LogP contribution in [-0.2, 0) is 29.4 Å². The minimum Gasteiger partial charge on any atom is 3.00 e. The van der Waals surface area contributed by atoms with E-state index in [9.17, 15) is 4.79 Å². The fraction of sp³-hybridized carbons (Fsp3) is 0.0833. The van der Waals surface area contributed by atoms with Gasteiger partial charge < -0.3 is 0 Å². The van der Waals surface area contributed by atoms with E-state index in [4.69, 9.17) is 14.1 Å². The van der Waals surface area contributed by atoms with Gasteiger partial charge in [-0.05, 0) is 12.1 Å². The molecule has 0 saturated heterocycles. The molecule has 5 heteroatoms. The smallest absolute Gasteiger partial charge is 3.00 e. The van der Waals surface area contributed by atoms with Crippen molar-refractivity contribution < 1.29 is 39.0 Å². The van der Waals surface area contributed by atoms with Crippen LogP contribution in [0.25, 0.3) is 0 Å². The Morgan fingerprint density at radius 1 is 1.06 bits per heavy atom. The van der Waals surface area contributed by atoms with Crippen LogP contribution in [0, 0.1) is 19.7 Å². The number of benzene rings is 1. The summed E-state index contributed by atoms with van der Waals surface area (Å²) in [7, 11) is 0. The minimum absolute atomic E-state index is 0. The van der Waals surface area contributed by atoms with E-state index in [0.29, 0.717) is 5.56 Å². The van der Waals surface area contributed by atoms with Gasteiger partial charge in [0.2, 0.25) is 5.56 Å². The van der Waals surface area contributed by atoms with E-state index in [2.05, 4.69) is 13.3 Å². The van der Waals surface area contributed by atoms with E-state index in [0.717, 1.165) is 0 Å². The third-order valence-electron chi connectivity index (χ3n) is 1.42. The van der Waals surface area contributed by atoms with Crippen molar-refractivity contribution >= 4 is 11.6 Å². The van der Waals surface area contributed by atoms with Gasteiger partial charge in [0.05, 0.1) is 6.92 Å². The normalized spacial score (nSPS) is 6.65. The predicted molar refractivity (Wildman–Crippen MR) is 57.3 cm³/mol. The molecule has 1 aromatic rings. The molecule has 17 heavy (non-hydrogen) atoms. The summed E-state index contributed by atoms with van der Waals surface area (Å²) in [5.74, 6) is 0.173. The molecule has 4 nitrogen and oxygen atoms in total. The summed E-state index contributed by atoms with van der Waals surface area (Å²) < 4.78 is 15.0.